The molecule has 7 nitrogen and oxygen atoms in total. The monoisotopic (exact) mass is 483 g/mol. The molecule has 1 amide bonds. The van der Waals surface area contributed by atoms with E-state index in [-0.39, 0.29) is 5.91 Å². The van der Waals surface area contributed by atoms with Crippen LogP contribution in [0, 0.1) is 6.92 Å². The second-order valence-electron chi connectivity index (χ2n) is 6.48. The Hall–Kier alpha value is -3.04. The summed E-state index contributed by atoms with van der Waals surface area (Å²) in [6, 6.07) is 13.6. The van der Waals surface area contributed by atoms with Crippen LogP contribution in [0.4, 0.5) is 0 Å². The molecule has 2 aromatic carbocycles. The standard InChI is InChI=1S/C21H18BrN5O2S/c1-13-24-25-21-27(13)26-20(30-21)15-5-3-14(4-6-15)12-23-19(28)10-7-16-11-17(22)8-9-18(16)29-2/h3-11H,12H2,1-2H3,(H,23,28)/b10-7+. The van der Waals surface area contributed by atoms with E-state index >= 15 is 0 Å². The molecule has 2 heterocycles. The van der Waals surface area contributed by atoms with Crippen molar-refractivity contribution in [3.05, 3.63) is 70.0 Å². The van der Waals surface area contributed by atoms with Gasteiger partial charge in [0.2, 0.25) is 10.9 Å². The number of carbonyl (C=O) groups excluding carboxylic acids is 1. The second kappa shape index (κ2) is 8.76. The summed E-state index contributed by atoms with van der Waals surface area (Å²) in [7, 11) is 1.60. The highest BCUT2D eigenvalue weighted by Gasteiger charge is 2.10. The van der Waals surface area contributed by atoms with Gasteiger partial charge >= 0.3 is 0 Å². The second-order valence-corrected chi connectivity index (χ2v) is 8.35. The van der Waals surface area contributed by atoms with Crippen molar-refractivity contribution in [3.8, 4) is 16.3 Å². The molecule has 0 saturated heterocycles. The number of carbonyl (C=O) groups is 1. The largest absolute Gasteiger partial charge is 0.496 e. The fourth-order valence-electron chi connectivity index (χ4n) is 2.85. The minimum absolute atomic E-state index is 0.176. The van der Waals surface area contributed by atoms with E-state index in [1.807, 2.05) is 49.4 Å². The van der Waals surface area contributed by atoms with Gasteiger partial charge in [-0.15, -0.1) is 10.2 Å². The van der Waals surface area contributed by atoms with Crippen LogP contribution in [0.25, 0.3) is 21.6 Å². The minimum atomic E-state index is -0.176. The van der Waals surface area contributed by atoms with Crippen LogP contribution >= 0.6 is 27.3 Å². The average Bonchev–Trinajstić information content (AvgIpc) is 3.33. The molecule has 9 heteroatoms. The van der Waals surface area contributed by atoms with E-state index in [4.69, 9.17) is 4.74 Å². The zero-order valence-corrected chi connectivity index (χ0v) is 18.7. The fourth-order valence-corrected chi connectivity index (χ4v) is 4.11. The van der Waals surface area contributed by atoms with Crippen molar-refractivity contribution in [2.24, 2.45) is 0 Å². The van der Waals surface area contributed by atoms with Crippen LogP contribution in [-0.4, -0.2) is 32.8 Å². The summed E-state index contributed by atoms with van der Waals surface area (Å²) in [4.78, 5) is 13.0. The van der Waals surface area contributed by atoms with Crippen LogP contribution in [0.15, 0.2) is 53.0 Å². The summed E-state index contributed by atoms with van der Waals surface area (Å²) in [6.45, 7) is 2.31. The topological polar surface area (TPSA) is 81.4 Å². The summed E-state index contributed by atoms with van der Waals surface area (Å²) in [5, 5.41) is 16.4. The van der Waals surface area contributed by atoms with E-state index in [1.165, 1.54) is 17.4 Å². The third kappa shape index (κ3) is 4.42. The molecule has 0 atom stereocenters. The number of nitrogens with zero attached hydrogens (tertiary/aromatic N) is 4. The van der Waals surface area contributed by atoms with Gasteiger partial charge in [0.15, 0.2) is 5.82 Å². The van der Waals surface area contributed by atoms with Gasteiger partial charge in [-0.2, -0.15) is 9.61 Å². The Morgan fingerprint density at radius 1 is 1.23 bits per heavy atom. The Labute approximate surface area is 185 Å². The van der Waals surface area contributed by atoms with Crippen LogP contribution in [0.1, 0.15) is 17.0 Å². The molecule has 2 aromatic heterocycles. The molecule has 0 spiro atoms. The van der Waals surface area contributed by atoms with Crippen molar-refractivity contribution in [1.82, 2.24) is 25.1 Å². The number of hydrogen-bond donors (Lipinski definition) is 1. The highest BCUT2D eigenvalue weighted by molar-refractivity contribution is 9.10. The molecular weight excluding hydrogens is 466 g/mol. The van der Waals surface area contributed by atoms with Gasteiger partial charge in [-0.3, -0.25) is 4.79 Å². The van der Waals surface area contributed by atoms with E-state index in [1.54, 1.807) is 17.7 Å². The molecule has 0 saturated carbocycles. The molecule has 0 radical (unpaired) electrons. The van der Waals surface area contributed by atoms with Gasteiger partial charge in [-0.05, 0) is 36.8 Å². The molecule has 4 aromatic rings. The predicted molar refractivity (Wildman–Crippen MR) is 120 cm³/mol. The molecule has 0 unspecified atom stereocenters. The van der Waals surface area contributed by atoms with E-state index in [9.17, 15) is 4.79 Å². The number of aryl methyl sites for hydroxylation is 1. The number of benzene rings is 2. The SMILES string of the molecule is COc1ccc(Br)cc1/C=C/C(=O)NCc1ccc(-c2nn3c(C)nnc3s2)cc1. The van der Waals surface area contributed by atoms with Crippen LogP contribution in [0.5, 0.6) is 5.75 Å². The summed E-state index contributed by atoms with van der Waals surface area (Å²) in [5.41, 5.74) is 2.83. The first-order chi connectivity index (χ1) is 14.5. The van der Waals surface area contributed by atoms with Gasteiger partial charge in [-0.1, -0.05) is 51.5 Å². The van der Waals surface area contributed by atoms with E-state index in [0.29, 0.717) is 12.3 Å². The first kappa shape index (κ1) is 20.2. The van der Waals surface area contributed by atoms with E-state index in [0.717, 1.165) is 37.0 Å². The average molecular weight is 484 g/mol. The lowest BCUT2D eigenvalue weighted by Crippen LogP contribution is -2.20. The molecule has 0 bridgehead atoms. The van der Waals surface area contributed by atoms with Crippen molar-refractivity contribution < 1.29 is 9.53 Å². The number of nitrogens with one attached hydrogen (secondary N) is 1. The molecule has 0 fully saturated rings. The predicted octanol–water partition coefficient (Wildman–Crippen LogP) is 4.26. The van der Waals surface area contributed by atoms with E-state index < -0.39 is 0 Å². The number of hydrogen-bond acceptors (Lipinski definition) is 6. The Morgan fingerprint density at radius 3 is 2.77 bits per heavy atom. The smallest absolute Gasteiger partial charge is 0.244 e. The maximum atomic E-state index is 12.2. The molecule has 0 aliphatic carbocycles. The molecule has 152 valence electrons. The van der Waals surface area contributed by atoms with Gasteiger partial charge < -0.3 is 10.1 Å². The summed E-state index contributed by atoms with van der Waals surface area (Å²) >= 11 is 4.92. The first-order valence-corrected chi connectivity index (χ1v) is 10.7. The molecular formula is C21H18BrN5O2S. The maximum Gasteiger partial charge on any atom is 0.244 e. The van der Waals surface area contributed by atoms with Crippen LogP contribution in [0.2, 0.25) is 0 Å². The maximum absolute atomic E-state index is 12.2. The molecule has 1 N–H and O–H groups in total. The Kier molecular flexibility index (Phi) is 5.91. The van der Waals surface area contributed by atoms with Gasteiger partial charge in [0, 0.05) is 28.2 Å². The lowest BCUT2D eigenvalue weighted by molar-refractivity contribution is -0.116. The Balaban J connectivity index is 1.38. The van der Waals surface area contributed by atoms with Gasteiger partial charge in [0.1, 0.15) is 10.8 Å². The number of methoxy groups -OCH3 is 1. The van der Waals surface area contributed by atoms with Gasteiger partial charge in [-0.25, -0.2) is 0 Å². The fraction of sp³-hybridized carbons (Fsp3) is 0.143. The Morgan fingerprint density at radius 2 is 2.03 bits per heavy atom. The molecule has 0 aliphatic rings. The summed E-state index contributed by atoms with van der Waals surface area (Å²) in [5.74, 6) is 1.30. The highest BCUT2D eigenvalue weighted by atomic mass is 79.9. The minimum Gasteiger partial charge on any atom is -0.496 e. The van der Waals surface area contributed by atoms with Crippen molar-refractivity contribution in [3.63, 3.8) is 0 Å². The van der Waals surface area contributed by atoms with Gasteiger partial charge in [0.25, 0.3) is 0 Å². The number of fused-ring (bicyclic) bond motifs is 1. The van der Waals surface area contributed by atoms with Crippen molar-refractivity contribution in [1.29, 1.82) is 0 Å². The van der Waals surface area contributed by atoms with Gasteiger partial charge in [0.05, 0.1) is 7.11 Å². The van der Waals surface area contributed by atoms with Crippen molar-refractivity contribution >= 4 is 44.2 Å². The van der Waals surface area contributed by atoms with E-state index in [2.05, 4.69) is 36.5 Å². The zero-order chi connectivity index (χ0) is 21.1. The van der Waals surface area contributed by atoms with Crippen LogP contribution in [-0.2, 0) is 11.3 Å². The first-order valence-electron chi connectivity index (χ1n) is 9.11. The lowest BCUT2D eigenvalue weighted by Gasteiger charge is -2.06. The van der Waals surface area contributed by atoms with Crippen molar-refractivity contribution in [2.45, 2.75) is 13.5 Å². The quantitative estimate of drug-likeness (QED) is 0.414. The van der Waals surface area contributed by atoms with Crippen LogP contribution in [0.3, 0.4) is 0 Å². The summed E-state index contributed by atoms with van der Waals surface area (Å²) < 4.78 is 7.97. The highest BCUT2D eigenvalue weighted by Crippen LogP contribution is 2.26. The number of rotatable bonds is 6. The number of ether oxygens (including phenoxy) is 1. The third-order valence-electron chi connectivity index (χ3n) is 4.42. The lowest BCUT2D eigenvalue weighted by atomic mass is 10.1. The molecule has 30 heavy (non-hydrogen) atoms. The molecule has 4 rings (SSSR count). The number of aromatic nitrogens is 4. The normalized spacial score (nSPS) is 11.3. The summed E-state index contributed by atoms with van der Waals surface area (Å²) in [6.07, 6.45) is 3.23. The number of halogens is 1. The zero-order valence-electron chi connectivity index (χ0n) is 16.3. The molecule has 0 aliphatic heterocycles. The number of amides is 1. The third-order valence-corrected chi connectivity index (χ3v) is 5.86. The van der Waals surface area contributed by atoms with Crippen molar-refractivity contribution in [2.75, 3.05) is 7.11 Å². The Bertz CT molecular complexity index is 1230. The van der Waals surface area contributed by atoms with Crippen LogP contribution < -0.4 is 10.1 Å².